The van der Waals surface area contributed by atoms with E-state index in [1.54, 1.807) is 12.2 Å². The van der Waals surface area contributed by atoms with Crippen LogP contribution < -0.4 is 0 Å². The molecule has 5 heteroatoms. The molecule has 0 aromatic carbocycles. The van der Waals surface area contributed by atoms with E-state index in [0.29, 0.717) is 13.2 Å². The van der Waals surface area contributed by atoms with Crippen molar-refractivity contribution in [1.82, 2.24) is 0 Å². The molecule has 0 saturated carbocycles. The molecule has 1 nitrogen and oxygen atoms in total. The van der Waals surface area contributed by atoms with Crippen molar-refractivity contribution in [2.75, 3.05) is 13.2 Å². The van der Waals surface area contributed by atoms with Crippen LogP contribution in [0.25, 0.3) is 0 Å². The van der Waals surface area contributed by atoms with E-state index >= 15 is 0 Å². The fourth-order valence-electron chi connectivity index (χ4n) is 0.235. The number of rotatable bonds is 4. The minimum atomic E-state index is -2.91. The van der Waals surface area contributed by atoms with Crippen LogP contribution in [0.5, 0.6) is 0 Å². The van der Waals surface area contributed by atoms with E-state index in [9.17, 15) is 17.6 Å². The van der Waals surface area contributed by atoms with E-state index in [2.05, 4.69) is 13.2 Å². The molecule has 13 heavy (non-hydrogen) atoms. The lowest BCUT2D eigenvalue weighted by Gasteiger charge is -1.89. The first-order valence-corrected chi connectivity index (χ1v) is 3.22. The van der Waals surface area contributed by atoms with E-state index in [0.717, 1.165) is 0 Å². The highest BCUT2D eigenvalue weighted by Crippen LogP contribution is 2.08. The maximum absolute atomic E-state index is 10.3. The van der Waals surface area contributed by atoms with Crippen LogP contribution in [-0.4, -0.2) is 13.2 Å². The minimum absolute atomic E-state index is 0.617. The topological polar surface area (TPSA) is 9.23 Å². The van der Waals surface area contributed by atoms with Gasteiger partial charge in [-0.1, -0.05) is 12.2 Å². The summed E-state index contributed by atoms with van der Waals surface area (Å²) in [5.41, 5.74) is 0. The van der Waals surface area contributed by atoms with Crippen molar-refractivity contribution in [1.29, 1.82) is 0 Å². The average molecular weight is 198 g/mol. The standard InChI is InChI=1S/C6H10O.C2F4/c1-3-5-7-6-4-2;3-1(4)2(5)6/h3-4H,1-2,5-6H2;. The summed E-state index contributed by atoms with van der Waals surface area (Å²) in [6.07, 6.45) is -2.39. The summed E-state index contributed by atoms with van der Waals surface area (Å²) in [6.45, 7) is 8.18. The molecule has 0 aromatic rings. The highest BCUT2D eigenvalue weighted by molar-refractivity contribution is 4.77. The lowest BCUT2D eigenvalue weighted by molar-refractivity contribution is 0.194. The van der Waals surface area contributed by atoms with E-state index in [-0.39, 0.29) is 0 Å². The van der Waals surface area contributed by atoms with Crippen molar-refractivity contribution in [2.24, 2.45) is 0 Å². The Bertz CT molecular complexity index is 151. The second-order valence-corrected chi connectivity index (χ2v) is 1.64. The van der Waals surface area contributed by atoms with Gasteiger partial charge in [0.15, 0.2) is 0 Å². The van der Waals surface area contributed by atoms with Crippen LogP contribution >= 0.6 is 0 Å². The van der Waals surface area contributed by atoms with Gasteiger partial charge >= 0.3 is 12.2 Å². The molecule has 0 N–H and O–H groups in total. The molecule has 0 bridgehead atoms. The molecule has 0 fully saturated rings. The molecule has 0 unspecified atom stereocenters. The Hall–Kier alpha value is -1.10. The third kappa shape index (κ3) is 18.1. The fraction of sp³-hybridized carbons (Fsp3) is 0.250. The Balaban J connectivity index is 0. The Morgan fingerprint density at radius 3 is 1.38 bits per heavy atom. The smallest absolute Gasteiger partial charge is 0.334 e. The molecule has 0 aliphatic heterocycles. The van der Waals surface area contributed by atoms with Crippen molar-refractivity contribution in [2.45, 2.75) is 0 Å². The summed E-state index contributed by atoms with van der Waals surface area (Å²) in [5, 5.41) is 0. The van der Waals surface area contributed by atoms with E-state index in [1.165, 1.54) is 0 Å². The Labute approximate surface area is 74.0 Å². The van der Waals surface area contributed by atoms with Gasteiger partial charge in [0.2, 0.25) is 0 Å². The third-order valence-corrected chi connectivity index (χ3v) is 0.614. The van der Waals surface area contributed by atoms with Gasteiger partial charge in [0.05, 0.1) is 13.2 Å². The van der Waals surface area contributed by atoms with Crippen LogP contribution in [0.1, 0.15) is 0 Å². The molecule has 0 spiro atoms. The maximum Gasteiger partial charge on any atom is 0.334 e. The van der Waals surface area contributed by atoms with Crippen molar-refractivity contribution < 1.29 is 22.3 Å². The zero-order valence-electron chi connectivity index (χ0n) is 6.90. The first kappa shape index (κ1) is 14.4. The predicted octanol–water partition coefficient (Wildman–Crippen LogP) is 3.37. The van der Waals surface area contributed by atoms with E-state index in [4.69, 9.17) is 4.74 Å². The zero-order chi connectivity index (χ0) is 10.7. The molecule has 0 aromatic heterocycles. The predicted molar refractivity (Wildman–Crippen MR) is 42.7 cm³/mol. The van der Waals surface area contributed by atoms with Gasteiger partial charge in [0, 0.05) is 0 Å². The molecular formula is C8H10F4O. The lowest BCUT2D eigenvalue weighted by Crippen LogP contribution is -1.87. The first-order valence-electron chi connectivity index (χ1n) is 3.22. The third-order valence-electron chi connectivity index (χ3n) is 0.614. The Morgan fingerprint density at radius 2 is 1.23 bits per heavy atom. The molecule has 0 saturated heterocycles. The van der Waals surface area contributed by atoms with Crippen LogP contribution in [0, 0.1) is 0 Å². The Kier molecular flexibility index (Phi) is 12.1. The molecule has 0 amide bonds. The zero-order valence-corrected chi connectivity index (χ0v) is 6.90. The van der Waals surface area contributed by atoms with Crippen LogP contribution in [0.4, 0.5) is 17.6 Å². The van der Waals surface area contributed by atoms with Gasteiger partial charge in [-0.25, -0.2) is 0 Å². The summed E-state index contributed by atoms with van der Waals surface area (Å²) in [7, 11) is 0. The van der Waals surface area contributed by atoms with Gasteiger partial charge < -0.3 is 4.74 Å². The van der Waals surface area contributed by atoms with Gasteiger partial charge in [0.1, 0.15) is 0 Å². The highest BCUT2D eigenvalue weighted by Gasteiger charge is 1.98. The van der Waals surface area contributed by atoms with Gasteiger partial charge in [0.25, 0.3) is 0 Å². The quantitative estimate of drug-likeness (QED) is 0.382. The van der Waals surface area contributed by atoms with Crippen LogP contribution in [0.15, 0.2) is 37.5 Å². The van der Waals surface area contributed by atoms with E-state index < -0.39 is 12.2 Å². The average Bonchev–Trinajstić information content (AvgIpc) is 2.06. The molecular weight excluding hydrogens is 188 g/mol. The van der Waals surface area contributed by atoms with Crippen molar-refractivity contribution in [3.8, 4) is 0 Å². The summed E-state index contributed by atoms with van der Waals surface area (Å²) >= 11 is 0. The number of hydrogen-bond acceptors (Lipinski definition) is 1. The molecule has 0 radical (unpaired) electrons. The van der Waals surface area contributed by atoms with Gasteiger partial charge in [-0.05, 0) is 0 Å². The second kappa shape index (κ2) is 10.9. The maximum atomic E-state index is 10.3. The highest BCUT2D eigenvalue weighted by atomic mass is 19.3. The number of ether oxygens (including phenoxy) is 1. The molecule has 0 aliphatic carbocycles. The number of halogens is 4. The molecule has 0 heterocycles. The number of hydrogen-bond donors (Lipinski definition) is 0. The largest absolute Gasteiger partial charge is 0.373 e. The summed E-state index contributed by atoms with van der Waals surface area (Å²) in [4.78, 5) is 0. The summed E-state index contributed by atoms with van der Waals surface area (Å²) < 4.78 is 46.0. The summed E-state index contributed by atoms with van der Waals surface area (Å²) in [6, 6.07) is 0. The van der Waals surface area contributed by atoms with Gasteiger partial charge in [-0.3, -0.25) is 0 Å². The van der Waals surface area contributed by atoms with Crippen molar-refractivity contribution in [3.63, 3.8) is 0 Å². The monoisotopic (exact) mass is 198 g/mol. The Morgan fingerprint density at radius 1 is 0.923 bits per heavy atom. The van der Waals surface area contributed by atoms with E-state index in [1.807, 2.05) is 0 Å². The van der Waals surface area contributed by atoms with Crippen molar-refractivity contribution in [3.05, 3.63) is 37.5 Å². The molecule has 76 valence electrons. The van der Waals surface area contributed by atoms with Crippen molar-refractivity contribution >= 4 is 0 Å². The normalized spacial score (nSPS) is 8.00. The summed E-state index contributed by atoms with van der Waals surface area (Å²) in [5.74, 6) is 0. The molecule has 0 rings (SSSR count). The lowest BCUT2D eigenvalue weighted by atomic mass is 10.6. The fourth-order valence-corrected chi connectivity index (χ4v) is 0.235. The van der Waals surface area contributed by atoms with Crippen LogP contribution in [-0.2, 0) is 4.74 Å². The minimum Gasteiger partial charge on any atom is -0.373 e. The van der Waals surface area contributed by atoms with Crippen LogP contribution in [0.3, 0.4) is 0 Å². The second-order valence-electron chi connectivity index (χ2n) is 1.64. The van der Waals surface area contributed by atoms with Crippen LogP contribution in [0.2, 0.25) is 0 Å². The van der Waals surface area contributed by atoms with Gasteiger partial charge in [-0.2, -0.15) is 17.6 Å². The first-order chi connectivity index (χ1) is 6.06. The SMILES string of the molecule is C=CCOCC=C.FC(F)=C(F)F. The molecule has 0 aliphatic rings. The van der Waals surface area contributed by atoms with Gasteiger partial charge in [-0.15, -0.1) is 13.2 Å². The molecule has 0 atom stereocenters.